The molecule has 0 heterocycles. The molecular weight excluding hydrogens is 202 g/mol. The van der Waals surface area contributed by atoms with Gasteiger partial charge in [-0.15, -0.1) is 11.8 Å². The minimum atomic E-state index is 0.639. The number of hydrogen-bond acceptors (Lipinski definition) is 2. The summed E-state index contributed by atoms with van der Waals surface area (Å²) < 4.78 is 0. The van der Waals surface area contributed by atoms with Crippen molar-refractivity contribution in [3.63, 3.8) is 0 Å². The molecular formula is C13H21NS. The standard InChI is InChI=1S/C13H21NS/c1-11(2)5-4-8-15-13-7-3-6-12(9-13)10-14/h3,6-7,9,11H,4-5,8,10,14H2,1-2H3. The van der Waals surface area contributed by atoms with Crippen LogP contribution >= 0.6 is 11.8 Å². The van der Waals surface area contributed by atoms with Gasteiger partial charge in [0.15, 0.2) is 0 Å². The summed E-state index contributed by atoms with van der Waals surface area (Å²) in [4.78, 5) is 1.35. The van der Waals surface area contributed by atoms with Gasteiger partial charge in [0.25, 0.3) is 0 Å². The van der Waals surface area contributed by atoms with Gasteiger partial charge in [-0.05, 0) is 35.8 Å². The maximum atomic E-state index is 5.60. The SMILES string of the molecule is CC(C)CCCSc1cccc(CN)c1. The Hall–Kier alpha value is -0.470. The van der Waals surface area contributed by atoms with Gasteiger partial charge >= 0.3 is 0 Å². The summed E-state index contributed by atoms with van der Waals surface area (Å²) in [5.41, 5.74) is 6.83. The summed E-state index contributed by atoms with van der Waals surface area (Å²) in [6.07, 6.45) is 2.62. The van der Waals surface area contributed by atoms with Gasteiger partial charge in [-0.25, -0.2) is 0 Å². The second kappa shape index (κ2) is 6.91. The molecule has 2 heteroatoms. The van der Waals surface area contributed by atoms with Crippen molar-refractivity contribution < 1.29 is 0 Å². The van der Waals surface area contributed by atoms with Gasteiger partial charge in [0.2, 0.25) is 0 Å². The second-order valence-corrected chi connectivity index (χ2v) is 5.40. The molecule has 0 radical (unpaired) electrons. The van der Waals surface area contributed by atoms with E-state index in [0.717, 1.165) is 5.92 Å². The molecule has 0 bridgehead atoms. The van der Waals surface area contributed by atoms with Gasteiger partial charge in [-0.2, -0.15) is 0 Å². The van der Waals surface area contributed by atoms with Crippen LogP contribution in [0.5, 0.6) is 0 Å². The lowest BCUT2D eigenvalue weighted by molar-refractivity contribution is 0.579. The molecule has 0 atom stereocenters. The van der Waals surface area contributed by atoms with E-state index in [4.69, 9.17) is 5.73 Å². The Morgan fingerprint density at radius 3 is 2.80 bits per heavy atom. The average Bonchev–Trinajstić information content (AvgIpc) is 2.24. The quantitative estimate of drug-likeness (QED) is 0.588. The summed E-state index contributed by atoms with van der Waals surface area (Å²) >= 11 is 1.94. The van der Waals surface area contributed by atoms with Gasteiger partial charge in [0.1, 0.15) is 0 Å². The van der Waals surface area contributed by atoms with Gasteiger partial charge < -0.3 is 5.73 Å². The highest BCUT2D eigenvalue weighted by Crippen LogP contribution is 2.21. The summed E-state index contributed by atoms with van der Waals surface area (Å²) in [6.45, 7) is 5.19. The normalized spacial score (nSPS) is 10.9. The van der Waals surface area contributed by atoms with Crippen molar-refractivity contribution in [2.75, 3.05) is 5.75 Å². The first-order chi connectivity index (χ1) is 7.22. The highest BCUT2D eigenvalue weighted by atomic mass is 32.2. The van der Waals surface area contributed by atoms with Crippen molar-refractivity contribution in [2.24, 2.45) is 11.7 Å². The first-order valence-electron chi connectivity index (χ1n) is 5.64. The molecule has 15 heavy (non-hydrogen) atoms. The van der Waals surface area contributed by atoms with E-state index in [1.54, 1.807) is 0 Å². The van der Waals surface area contributed by atoms with E-state index >= 15 is 0 Å². The van der Waals surface area contributed by atoms with Gasteiger partial charge in [0.05, 0.1) is 0 Å². The monoisotopic (exact) mass is 223 g/mol. The van der Waals surface area contributed by atoms with E-state index in [0.29, 0.717) is 6.54 Å². The fourth-order valence-electron chi connectivity index (χ4n) is 1.44. The number of nitrogens with two attached hydrogens (primary N) is 1. The summed E-state index contributed by atoms with van der Waals surface area (Å²) in [5, 5.41) is 0. The van der Waals surface area contributed by atoms with Gasteiger partial charge in [0, 0.05) is 11.4 Å². The van der Waals surface area contributed by atoms with E-state index in [2.05, 4.69) is 38.1 Å². The summed E-state index contributed by atoms with van der Waals surface area (Å²) in [7, 11) is 0. The molecule has 0 fully saturated rings. The number of thioether (sulfide) groups is 1. The fraction of sp³-hybridized carbons (Fsp3) is 0.538. The third kappa shape index (κ3) is 5.24. The zero-order chi connectivity index (χ0) is 11.1. The highest BCUT2D eigenvalue weighted by molar-refractivity contribution is 7.99. The topological polar surface area (TPSA) is 26.0 Å². The fourth-order valence-corrected chi connectivity index (χ4v) is 2.40. The van der Waals surface area contributed by atoms with Gasteiger partial charge in [-0.3, -0.25) is 0 Å². The molecule has 0 aliphatic rings. The average molecular weight is 223 g/mol. The minimum absolute atomic E-state index is 0.639. The molecule has 0 saturated carbocycles. The third-order valence-corrected chi connectivity index (χ3v) is 3.41. The smallest absolute Gasteiger partial charge is 0.0178 e. The number of benzene rings is 1. The Kier molecular flexibility index (Phi) is 5.81. The van der Waals surface area contributed by atoms with E-state index in [-0.39, 0.29) is 0 Å². The third-order valence-electron chi connectivity index (χ3n) is 2.33. The molecule has 0 amide bonds. The Morgan fingerprint density at radius 1 is 1.33 bits per heavy atom. The van der Waals surface area contributed by atoms with Crippen LogP contribution in [0, 0.1) is 5.92 Å². The van der Waals surface area contributed by atoms with Crippen molar-refractivity contribution in [3.05, 3.63) is 29.8 Å². The molecule has 0 aromatic heterocycles. The van der Waals surface area contributed by atoms with Crippen LogP contribution in [0.4, 0.5) is 0 Å². The molecule has 0 unspecified atom stereocenters. The Morgan fingerprint density at radius 2 is 2.13 bits per heavy atom. The van der Waals surface area contributed by atoms with Crippen molar-refractivity contribution >= 4 is 11.8 Å². The molecule has 0 saturated heterocycles. The predicted molar refractivity (Wildman–Crippen MR) is 69.1 cm³/mol. The van der Waals surface area contributed by atoms with Crippen molar-refractivity contribution in [1.29, 1.82) is 0 Å². The van der Waals surface area contributed by atoms with Crippen LogP contribution in [0.2, 0.25) is 0 Å². The Labute approximate surface area is 97.4 Å². The molecule has 1 aromatic carbocycles. The maximum Gasteiger partial charge on any atom is 0.0178 e. The second-order valence-electron chi connectivity index (χ2n) is 4.24. The molecule has 2 N–H and O–H groups in total. The molecule has 0 spiro atoms. The van der Waals surface area contributed by atoms with E-state index in [1.165, 1.54) is 29.1 Å². The zero-order valence-corrected chi connectivity index (χ0v) is 10.5. The Bertz CT molecular complexity index is 284. The van der Waals surface area contributed by atoms with Crippen LogP contribution in [0.3, 0.4) is 0 Å². The van der Waals surface area contributed by atoms with Crippen LogP contribution in [-0.4, -0.2) is 5.75 Å². The molecule has 1 rings (SSSR count). The highest BCUT2D eigenvalue weighted by Gasteiger charge is 1.97. The lowest BCUT2D eigenvalue weighted by Gasteiger charge is -2.05. The lowest BCUT2D eigenvalue weighted by Crippen LogP contribution is -1.95. The molecule has 0 aliphatic carbocycles. The molecule has 1 nitrogen and oxygen atoms in total. The van der Waals surface area contributed by atoms with Crippen molar-refractivity contribution in [2.45, 2.75) is 38.1 Å². The summed E-state index contributed by atoms with van der Waals surface area (Å²) in [5.74, 6) is 2.03. The van der Waals surface area contributed by atoms with Crippen LogP contribution in [0.25, 0.3) is 0 Å². The van der Waals surface area contributed by atoms with E-state index in [9.17, 15) is 0 Å². The van der Waals surface area contributed by atoms with E-state index in [1.807, 2.05) is 11.8 Å². The van der Waals surface area contributed by atoms with E-state index < -0.39 is 0 Å². The van der Waals surface area contributed by atoms with Crippen LogP contribution in [0.15, 0.2) is 29.2 Å². The maximum absolute atomic E-state index is 5.60. The zero-order valence-electron chi connectivity index (χ0n) is 9.70. The number of rotatable bonds is 6. The minimum Gasteiger partial charge on any atom is -0.326 e. The van der Waals surface area contributed by atoms with Crippen molar-refractivity contribution in [1.82, 2.24) is 0 Å². The van der Waals surface area contributed by atoms with Crippen LogP contribution in [-0.2, 0) is 6.54 Å². The van der Waals surface area contributed by atoms with Crippen molar-refractivity contribution in [3.8, 4) is 0 Å². The lowest BCUT2D eigenvalue weighted by atomic mass is 10.1. The largest absolute Gasteiger partial charge is 0.326 e. The number of hydrogen-bond donors (Lipinski definition) is 1. The first kappa shape index (κ1) is 12.6. The van der Waals surface area contributed by atoms with Crippen LogP contribution < -0.4 is 5.73 Å². The molecule has 0 aliphatic heterocycles. The first-order valence-corrected chi connectivity index (χ1v) is 6.62. The predicted octanol–water partition coefficient (Wildman–Crippen LogP) is 3.67. The van der Waals surface area contributed by atoms with Crippen LogP contribution in [0.1, 0.15) is 32.3 Å². The summed E-state index contributed by atoms with van der Waals surface area (Å²) in [6, 6.07) is 8.53. The Balaban J connectivity index is 2.30. The molecule has 84 valence electrons. The molecule has 1 aromatic rings. The van der Waals surface area contributed by atoms with Gasteiger partial charge in [-0.1, -0.05) is 32.4 Å².